The highest BCUT2D eigenvalue weighted by Gasteiger charge is 2.27. The number of hydrogen-bond acceptors (Lipinski definition) is 2. The van der Waals surface area contributed by atoms with E-state index in [0.717, 1.165) is 41.9 Å². The van der Waals surface area contributed by atoms with E-state index < -0.39 is 0 Å². The quantitative estimate of drug-likeness (QED) is 0.681. The van der Waals surface area contributed by atoms with Crippen LogP contribution >= 0.6 is 0 Å². The van der Waals surface area contributed by atoms with Gasteiger partial charge in [0.15, 0.2) is 0 Å². The number of carbonyl (C=O) groups is 1. The van der Waals surface area contributed by atoms with Crippen LogP contribution in [0.25, 0.3) is 11.0 Å². The van der Waals surface area contributed by atoms with Crippen LogP contribution < -0.4 is 5.32 Å². The van der Waals surface area contributed by atoms with Gasteiger partial charge in [0.2, 0.25) is 0 Å². The fourth-order valence-corrected chi connectivity index (χ4v) is 3.71. The predicted molar refractivity (Wildman–Crippen MR) is 109 cm³/mol. The average molecular weight is 362 g/mol. The van der Waals surface area contributed by atoms with Gasteiger partial charge in [0.05, 0.1) is 11.0 Å². The summed E-state index contributed by atoms with van der Waals surface area (Å²) in [5.74, 6) is 1.23. The van der Waals surface area contributed by atoms with Crippen LogP contribution in [0.15, 0.2) is 36.4 Å². The van der Waals surface area contributed by atoms with E-state index in [0.29, 0.717) is 6.54 Å². The molecule has 1 saturated heterocycles. The summed E-state index contributed by atoms with van der Waals surface area (Å²) in [6.07, 6.45) is 2.03. The molecule has 1 atom stereocenters. The van der Waals surface area contributed by atoms with Crippen molar-refractivity contribution in [3.05, 3.63) is 58.9 Å². The molecule has 0 spiro atoms. The number of rotatable bonds is 2. The fraction of sp³-hybridized carbons (Fsp3) is 0.364. The first-order valence-electron chi connectivity index (χ1n) is 9.59. The molecule has 5 heteroatoms. The van der Waals surface area contributed by atoms with E-state index in [1.807, 2.05) is 36.1 Å². The summed E-state index contributed by atoms with van der Waals surface area (Å²) >= 11 is 0. The first kappa shape index (κ1) is 17.6. The van der Waals surface area contributed by atoms with E-state index in [-0.39, 0.29) is 11.9 Å². The lowest BCUT2D eigenvalue weighted by Crippen LogP contribution is -2.41. The number of hydrogen-bond donors (Lipinski definition) is 2. The third kappa shape index (κ3) is 3.68. The Bertz CT molecular complexity index is 935. The number of aryl methyl sites for hydroxylation is 3. The molecule has 27 heavy (non-hydrogen) atoms. The zero-order valence-electron chi connectivity index (χ0n) is 16.2. The van der Waals surface area contributed by atoms with Crippen LogP contribution in [0, 0.1) is 20.8 Å². The molecule has 1 aromatic heterocycles. The molecule has 2 N–H and O–H groups in total. The number of nitrogens with one attached hydrogen (secondary N) is 2. The van der Waals surface area contributed by atoms with Gasteiger partial charge >= 0.3 is 6.03 Å². The summed E-state index contributed by atoms with van der Waals surface area (Å²) in [6.45, 7) is 7.74. The highest BCUT2D eigenvalue weighted by molar-refractivity contribution is 5.89. The normalized spacial score (nSPS) is 17.3. The third-order valence-corrected chi connectivity index (χ3v) is 5.51. The fourth-order valence-electron chi connectivity index (χ4n) is 3.71. The Morgan fingerprint density at radius 1 is 1.15 bits per heavy atom. The van der Waals surface area contributed by atoms with Crippen LogP contribution in [0.2, 0.25) is 0 Å². The maximum atomic E-state index is 12.7. The van der Waals surface area contributed by atoms with Crippen molar-refractivity contribution in [3.63, 3.8) is 0 Å². The second kappa shape index (κ2) is 7.06. The molecular weight excluding hydrogens is 336 g/mol. The molecule has 5 nitrogen and oxygen atoms in total. The molecule has 0 radical (unpaired) electrons. The standard InChI is InChI=1S/C22H26N4O/c1-14-6-8-18(9-7-14)23-22(27)26-10-4-5-17(13-26)21-24-19-11-15(2)16(3)12-20(19)25-21/h6-9,11-12,17H,4-5,10,13H2,1-3H3,(H,23,27)(H,24,25)/t17-/m0/s1. The molecule has 0 saturated carbocycles. The Morgan fingerprint density at radius 3 is 2.67 bits per heavy atom. The van der Waals surface area contributed by atoms with Crippen molar-refractivity contribution in [2.75, 3.05) is 18.4 Å². The average Bonchev–Trinajstić information content (AvgIpc) is 3.07. The van der Waals surface area contributed by atoms with Gasteiger partial charge in [-0.05, 0) is 69.0 Å². The molecule has 2 amide bonds. The summed E-state index contributed by atoms with van der Waals surface area (Å²) in [6, 6.07) is 12.2. The second-order valence-corrected chi connectivity index (χ2v) is 7.66. The molecule has 1 aliphatic rings. The van der Waals surface area contributed by atoms with Crippen LogP contribution in [0.5, 0.6) is 0 Å². The number of urea groups is 1. The Kier molecular flexibility index (Phi) is 4.60. The van der Waals surface area contributed by atoms with Crippen LogP contribution in [0.3, 0.4) is 0 Å². The number of fused-ring (bicyclic) bond motifs is 1. The number of aromatic amines is 1. The predicted octanol–water partition coefficient (Wildman–Crippen LogP) is 4.90. The zero-order chi connectivity index (χ0) is 19.0. The first-order chi connectivity index (χ1) is 13.0. The van der Waals surface area contributed by atoms with Gasteiger partial charge in [-0.1, -0.05) is 17.7 Å². The number of H-pyrrole nitrogens is 1. The minimum Gasteiger partial charge on any atom is -0.342 e. The molecule has 2 aromatic carbocycles. The Morgan fingerprint density at radius 2 is 1.89 bits per heavy atom. The Balaban J connectivity index is 1.49. The Labute approximate surface area is 159 Å². The van der Waals surface area contributed by atoms with Gasteiger partial charge < -0.3 is 15.2 Å². The monoisotopic (exact) mass is 362 g/mol. The number of anilines is 1. The van der Waals surface area contributed by atoms with Gasteiger partial charge in [-0.15, -0.1) is 0 Å². The number of carbonyl (C=O) groups excluding carboxylic acids is 1. The number of amides is 2. The van der Waals surface area contributed by atoms with Crippen molar-refractivity contribution in [2.45, 2.75) is 39.5 Å². The van der Waals surface area contributed by atoms with Crippen LogP contribution in [0.4, 0.5) is 10.5 Å². The van der Waals surface area contributed by atoms with Crippen molar-refractivity contribution < 1.29 is 4.79 Å². The van der Waals surface area contributed by atoms with Gasteiger partial charge in [-0.2, -0.15) is 0 Å². The molecule has 0 aliphatic carbocycles. The summed E-state index contributed by atoms with van der Waals surface area (Å²) in [5.41, 5.74) is 6.62. The summed E-state index contributed by atoms with van der Waals surface area (Å²) in [5, 5.41) is 3.01. The molecule has 1 aliphatic heterocycles. The minimum atomic E-state index is -0.0358. The lowest BCUT2D eigenvalue weighted by atomic mass is 9.97. The molecule has 3 aromatic rings. The van der Waals surface area contributed by atoms with Crippen molar-refractivity contribution in [1.29, 1.82) is 0 Å². The number of aromatic nitrogens is 2. The van der Waals surface area contributed by atoms with Crippen LogP contribution in [0.1, 0.15) is 41.3 Å². The van der Waals surface area contributed by atoms with E-state index in [1.165, 1.54) is 16.7 Å². The highest BCUT2D eigenvalue weighted by atomic mass is 16.2. The van der Waals surface area contributed by atoms with Gasteiger partial charge in [0.25, 0.3) is 0 Å². The maximum Gasteiger partial charge on any atom is 0.321 e. The highest BCUT2D eigenvalue weighted by Crippen LogP contribution is 2.28. The molecule has 4 rings (SSSR count). The third-order valence-electron chi connectivity index (χ3n) is 5.51. The molecule has 2 heterocycles. The van der Waals surface area contributed by atoms with E-state index in [9.17, 15) is 4.79 Å². The number of likely N-dealkylation sites (tertiary alicyclic amines) is 1. The Hall–Kier alpha value is -2.82. The second-order valence-electron chi connectivity index (χ2n) is 7.66. The van der Waals surface area contributed by atoms with E-state index >= 15 is 0 Å². The van der Waals surface area contributed by atoms with Crippen molar-refractivity contribution in [1.82, 2.24) is 14.9 Å². The van der Waals surface area contributed by atoms with Gasteiger partial charge in [-0.3, -0.25) is 0 Å². The summed E-state index contributed by atoms with van der Waals surface area (Å²) in [4.78, 5) is 22.9. The molecule has 140 valence electrons. The first-order valence-corrected chi connectivity index (χ1v) is 9.59. The number of piperidine rings is 1. The minimum absolute atomic E-state index is 0.0358. The van der Waals surface area contributed by atoms with Gasteiger partial charge in [0.1, 0.15) is 5.82 Å². The number of nitrogens with zero attached hydrogens (tertiary/aromatic N) is 2. The maximum absolute atomic E-state index is 12.7. The van der Waals surface area contributed by atoms with Crippen molar-refractivity contribution in [2.24, 2.45) is 0 Å². The number of imidazole rings is 1. The molecular formula is C22H26N4O. The van der Waals surface area contributed by atoms with Crippen molar-refractivity contribution in [3.8, 4) is 0 Å². The molecule has 0 unspecified atom stereocenters. The van der Waals surface area contributed by atoms with Gasteiger partial charge in [0, 0.05) is 24.7 Å². The van der Waals surface area contributed by atoms with E-state index in [2.05, 4.69) is 36.3 Å². The van der Waals surface area contributed by atoms with Gasteiger partial charge in [-0.25, -0.2) is 9.78 Å². The van der Waals surface area contributed by atoms with E-state index in [1.54, 1.807) is 0 Å². The summed E-state index contributed by atoms with van der Waals surface area (Å²) in [7, 11) is 0. The summed E-state index contributed by atoms with van der Waals surface area (Å²) < 4.78 is 0. The largest absolute Gasteiger partial charge is 0.342 e. The lowest BCUT2D eigenvalue weighted by Gasteiger charge is -2.31. The SMILES string of the molecule is Cc1ccc(NC(=O)N2CCC[C@H](c3nc4cc(C)c(C)cc4[nH]3)C2)cc1. The zero-order valence-corrected chi connectivity index (χ0v) is 16.2. The smallest absolute Gasteiger partial charge is 0.321 e. The van der Waals surface area contributed by atoms with E-state index in [4.69, 9.17) is 4.98 Å². The molecule has 0 bridgehead atoms. The van der Waals surface area contributed by atoms with Crippen LogP contribution in [-0.2, 0) is 0 Å². The lowest BCUT2D eigenvalue weighted by molar-refractivity contribution is 0.191. The number of benzene rings is 2. The van der Waals surface area contributed by atoms with Crippen LogP contribution in [-0.4, -0.2) is 34.0 Å². The van der Waals surface area contributed by atoms with Crippen molar-refractivity contribution >= 4 is 22.8 Å². The molecule has 1 fully saturated rings. The topological polar surface area (TPSA) is 61.0 Å².